The summed E-state index contributed by atoms with van der Waals surface area (Å²) in [4.78, 5) is 24.9. The Balaban J connectivity index is 2.07. The van der Waals surface area contributed by atoms with Crippen molar-refractivity contribution in [1.82, 2.24) is 0 Å². The fourth-order valence-electron chi connectivity index (χ4n) is 2.41. The third-order valence-electron chi connectivity index (χ3n) is 3.74. The maximum atomic E-state index is 12.6. The highest BCUT2D eigenvalue weighted by Crippen LogP contribution is 2.35. The Kier molecular flexibility index (Phi) is 3.87. The Morgan fingerprint density at radius 1 is 1.19 bits per heavy atom. The van der Waals surface area contributed by atoms with Gasteiger partial charge in [-0.25, -0.2) is 0 Å². The van der Waals surface area contributed by atoms with Gasteiger partial charge in [0, 0.05) is 21.8 Å². The second kappa shape index (κ2) is 5.66. The Labute approximate surface area is 132 Å². The van der Waals surface area contributed by atoms with Crippen molar-refractivity contribution in [3.05, 3.63) is 64.7 Å². The zero-order chi connectivity index (χ0) is 15.0. The van der Waals surface area contributed by atoms with Gasteiger partial charge in [0.05, 0.1) is 5.92 Å². The van der Waals surface area contributed by atoms with Gasteiger partial charge < -0.3 is 0 Å². The fourth-order valence-corrected chi connectivity index (χ4v) is 3.64. The Morgan fingerprint density at radius 3 is 2.71 bits per heavy atom. The number of benzene rings is 2. The molecule has 0 spiro atoms. The van der Waals surface area contributed by atoms with Gasteiger partial charge in [0.25, 0.3) is 0 Å². The van der Waals surface area contributed by atoms with Gasteiger partial charge >= 0.3 is 0 Å². The van der Waals surface area contributed by atoms with Crippen LogP contribution in [-0.4, -0.2) is 11.0 Å². The molecule has 0 fully saturated rings. The van der Waals surface area contributed by atoms with Crippen molar-refractivity contribution >= 4 is 34.4 Å². The minimum Gasteiger partial charge on any atom is -0.289 e. The minimum atomic E-state index is -0.386. The second-order valence-corrected chi connectivity index (χ2v) is 6.45. The van der Waals surface area contributed by atoms with E-state index in [-0.39, 0.29) is 16.9 Å². The first-order valence-corrected chi connectivity index (χ1v) is 8.03. The van der Waals surface area contributed by atoms with Gasteiger partial charge in [0.1, 0.15) is 0 Å². The van der Waals surface area contributed by atoms with Crippen LogP contribution < -0.4 is 0 Å². The van der Waals surface area contributed by atoms with Gasteiger partial charge in [-0.1, -0.05) is 37.3 Å². The molecule has 0 aromatic heterocycles. The molecule has 1 heterocycles. The first kappa shape index (κ1) is 14.4. The van der Waals surface area contributed by atoms with Crippen LogP contribution in [-0.2, 0) is 10.5 Å². The molecule has 21 heavy (non-hydrogen) atoms. The minimum absolute atomic E-state index is 0.0435. The highest BCUT2D eigenvalue weighted by Gasteiger charge is 2.23. The lowest BCUT2D eigenvalue weighted by atomic mass is 9.96. The maximum absolute atomic E-state index is 12.6. The standard InChI is InChI=1S/C17H13ClO2S/c1-10(17(18)20)11-6-7-14-15(8-11)21-9-12-4-2-3-5-13(12)16(14)19/h2-8,10H,9H2,1H3/t10-/m1/s1. The van der Waals surface area contributed by atoms with Gasteiger partial charge in [-0.3, -0.25) is 9.59 Å². The first-order chi connectivity index (χ1) is 10.1. The molecule has 0 radical (unpaired) electrons. The molecule has 0 unspecified atom stereocenters. The van der Waals surface area contributed by atoms with E-state index in [1.807, 2.05) is 36.4 Å². The molecule has 4 heteroatoms. The molecule has 106 valence electrons. The van der Waals surface area contributed by atoms with Crippen LogP contribution in [0.15, 0.2) is 47.4 Å². The molecule has 0 saturated carbocycles. The fraction of sp³-hybridized carbons (Fsp3) is 0.176. The summed E-state index contributed by atoms with van der Waals surface area (Å²) in [5.41, 5.74) is 3.35. The van der Waals surface area contributed by atoms with Crippen molar-refractivity contribution in [3.8, 4) is 0 Å². The Hall–Kier alpha value is -1.58. The van der Waals surface area contributed by atoms with Gasteiger partial charge in [0.15, 0.2) is 5.78 Å². The van der Waals surface area contributed by atoms with Crippen molar-refractivity contribution in [2.45, 2.75) is 23.5 Å². The van der Waals surface area contributed by atoms with E-state index in [1.165, 1.54) is 0 Å². The smallest absolute Gasteiger partial charge is 0.228 e. The number of carbonyl (C=O) groups is 2. The number of hydrogen-bond acceptors (Lipinski definition) is 3. The zero-order valence-electron chi connectivity index (χ0n) is 11.4. The van der Waals surface area contributed by atoms with Crippen LogP contribution in [0.2, 0.25) is 0 Å². The molecule has 1 aliphatic rings. The SMILES string of the molecule is C[C@@H](C(=O)Cl)c1ccc2c(c1)SCc1ccccc1C2=O. The van der Waals surface area contributed by atoms with Gasteiger partial charge in [-0.05, 0) is 34.9 Å². The maximum Gasteiger partial charge on any atom is 0.228 e. The largest absolute Gasteiger partial charge is 0.289 e. The summed E-state index contributed by atoms with van der Waals surface area (Å²) in [5.74, 6) is 0.432. The number of hydrogen-bond donors (Lipinski definition) is 0. The van der Waals surface area contributed by atoms with Crippen molar-refractivity contribution in [2.75, 3.05) is 0 Å². The first-order valence-electron chi connectivity index (χ1n) is 6.66. The summed E-state index contributed by atoms with van der Waals surface area (Å²) >= 11 is 7.19. The molecule has 1 aliphatic heterocycles. The van der Waals surface area contributed by atoms with Crippen LogP contribution in [0.5, 0.6) is 0 Å². The second-order valence-electron chi connectivity index (χ2n) is 5.06. The van der Waals surface area contributed by atoms with Crippen molar-refractivity contribution in [2.24, 2.45) is 0 Å². The summed E-state index contributed by atoms with van der Waals surface area (Å²) in [6, 6.07) is 13.2. The molecule has 0 amide bonds. The van der Waals surface area contributed by atoms with Crippen LogP contribution >= 0.6 is 23.4 Å². The number of rotatable bonds is 2. The normalized spacial score (nSPS) is 14.9. The molecule has 1 atom stereocenters. The predicted molar refractivity (Wildman–Crippen MR) is 85.2 cm³/mol. The molecular formula is C17H13ClO2S. The monoisotopic (exact) mass is 316 g/mol. The van der Waals surface area contributed by atoms with E-state index >= 15 is 0 Å². The van der Waals surface area contributed by atoms with Crippen molar-refractivity contribution in [3.63, 3.8) is 0 Å². The quantitative estimate of drug-likeness (QED) is 0.770. The molecule has 0 aliphatic carbocycles. The average Bonchev–Trinajstić information content (AvgIpc) is 2.64. The number of ketones is 1. The number of halogens is 1. The molecule has 0 N–H and O–H groups in total. The summed E-state index contributed by atoms with van der Waals surface area (Å²) in [6.45, 7) is 1.77. The predicted octanol–water partition coefficient (Wildman–Crippen LogP) is 4.39. The Bertz CT molecular complexity index is 739. The van der Waals surface area contributed by atoms with Crippen LogP contribution in [0.25, 0.3) is 0 Å². The lowest BCUT2D eigenvalue weighted by Crippen LogP contribution is -2.06. The molecular weight excluding hydrogens is 304 g/mol. The van der Waals surface area contributed by atoms with E-state index in [1.54, 1.807) is 24.8 Å². The third-order valence-corrected chi connectivity index (χ3v) is 5.17. The van der Waals surface area contributed by atoms with Crippen molar-refractivity contribution in [1.29, 1.82) is 0 Å². The lowest BCUT2D eigenvalue weighted by Gasteiger charge is -2.10. The van der Waals surface area contributed by atoms with Crippen LogP contribution in [0.1, 0.15) is 39.9 Å². The van der Waals surface area contributed by atoms with E-state index < -0.39 is 0 Å². The van der Waals surface area contributed by atoms with Crippen molar-refractivity contribution < 1.29 is 9.59 Å². The Morgan fingerprint density at radius 2 is 1.95 bits per heavy atom. The highest BCUT2D eigenvalue weighted by atomic mass is 35.5. The average molecular weight is 317 g/mol. The third kappa shape index (κ3) is 2.63. The number of thioether (sulfide) groups is 1. The summed E-state index contributed by atoms with van der Waals surface area (Å²) in [5, 5.41) is -0.386. The summed E-state index contributed by atoms with van der Waals surface area (Å²) in [6.07, 6.45) is 0. The van der Waals surface area contributed by atoms with Crippen LogP contribution in [0.3, 0.4) is 0 Å². The number of fused-ring (bicyclic) bond motifs is 2. The summed E-state index contributed by atoms with van der Waals surface area (Å²) < 4.78 is 0. The molecule has 2 aromatic rings. The molecule has 2 aromatic carbocycles. The number of carbonyl (C=O) groups excluding carboxylic acids is 2. The van der Waals surface area contributed by atoms with Gasteiger partial charge in [0.2, 0.25) is 5.24 Å². The van der Waals surface area contributed by atoms with E-state index in [4.69, 9.17) is 11.6 Å². The van der Waals surface area contributed by atoms with Crippen LogP contribution in [0, 0.1) is 0 Å². The molecule has 0 bridgehead atoms. The van der Waals surface area contributed by atoms with E-state index in [2.05, 4.69) is 0 Å². The summed E-state index contributed by atoms with van der Waals surface area (Å²) in [7, 11) is 0. The van der Waals surface area contributed by atoms with Crippen LogP contribution in [0.4, 0.5) is 0 Å². The van der Waals surface area contributed by atoms with E-state index in [0.29, 0.717) is 5.56 Å². The van der Waals surface area contributed by atoms with E-state index in [9.17, 15) is 9.59 Å². The molecule has 2 nitrogen and oxygen atoms in total. The highest BCUT2D eigenvalue weighted by molar-refractivity contribution is 7.98. The van der Waals surface area contributed by atoms with E-state index in [0.717, 1.165) is 27.3 Å². The topological polar surface area (TPSA) is 34.1 Å². The molecule has 3 rings (SSSR count). The zero-order valence-corrected chi connectivity index (χ0v) is 13.0. The van der Waals surface area contributed by atoms with Gasteiger partial charge in [-0.15, -0.1) is 11.8 Å². The van der Waals surface area contributed by atoms with Gasteiger partial charge in [-0.2, -0.15) is 0 Å². The molecule has 0 saturated heterocycles. The lowest BCUT2D eigenvalue weighted by molar-refractivity contribution is -0.112.